The maximum absolute atomic E-state index is 11.9. The highest BCUT2D eigenvalue weighted by Crippen LogP contribution is 2.31. The molecular weight excluding hydrogens is 366 g/mol. The molecule has 1 saturated heterocycles. The standard InChI is InChI=1S/C22H37N5O2/c1-21(2,3)29-20(28)26-17-8-6-16(7-9-17)25-18-14-23-19(24-15-18)27-12-10-22(4,5)11-13-27/h14-17,25H,6-13H2,1-5H3,(H,26,28). The second-order valence-electron chi connectivity index (χ2n) is 10.3. The number of nitrogens with one attached hydrogen (secondary N) is 2. The van der Waals surface area contributed by atoms with Crippen LogP contribution in [-0.4, -0.2) is 46.8 Å². The van der Waals surface area contributed by atoms with Crippen LogP contribution >= 0.6 is 0 Å². The van der Waals surface area contributed by atoms with Gasteiger partial charge in [0.2, 0.25) is 5.95 Å². The van der Waals surface area contributed by atoms with Gasteiger partial charge < -0.3 is 20.3 Å². The molecule has 0 unspecified atom stereocenters. The summed E-state index contributed by atoms with van der Waals surface area (Å²) in [7, 11) is 0. The van der Waals surface area contributed by atoms with Gasteiger partial charge in [-0.25, -0.2) is 14.8 Å². The van der Waals surface area contributed by atoms with Crippen LogP contribution in [0.5, 0.6) is 0 Å². The number of hydrogen-bond donors (Lipinski definition) is 2. The van der Waals surface area contributed by atoms with Gasteiger partial charge in [0.25, 0.3) is 0 Å². The number of amides is 1. The van der Waals surface area contributed by atoms with E-state index in [1.54, 1.807) is 0 Å². The molecule has 7 heteroatoms. The highest BCUT2D eigenvalue weighted by atomic mass is 16.6. The van der Waals surface area contributed by atoms with Crippen LogP contribution in [0, 0.1) is 5.41 Å². The number of nitrogens with zero attached hydrogens (tertiary/aromatic N) is 3. The molecule has 7 nitrogen and oxygen atoms in total. The van der Waals surface area contributed by atoms with Crippen molar-refractivity contribution in [3.05, 3.63) is 12.4 Å². The van der Waals surface area contributed by atoms with Crippen LogP contribution < -0.4 is 15.5 Å². The quantitative estimate of drug-likeness (QED) is 0.778. The minimum atomic E-state index is -0.459. The number of hydrogen-bond acceptors (Lipinski definition) is 6. The number of alkyl carbamates (subject to hydrolysis) is 1. The van der Waals surface area contributed by atoms with E-state index in [1.165, 1.54) is 12.8 Å². The number of carbonyl (C=O) groups is 1. The Kier molecular flexibility index (Phi) is 6.54. The Morgan fingerprint density at radius 2 is 1.62 bits per heavy atom. The number of ether oxygens (including phenoxy) is 1. The first kappa shape index (κ1) is 21.7. The number of carbonyl (C=O) groups excluding carboxylic acids is 1. The Morgan fingerprint density at radius 3 is 2.17 bits per heavy atom. The van der Waals surface area contributed by atoms with Crippen molar-refractivity contribution >= 4 is 17.7 Å². The Balaban J connectivity index is 1.42. The van der Waals surface area contributed by atoms with E-state index < -0.39 is 5.60 Å². The van der Waals surface area contributed by atoms with Gasteiger partial charge in [0.1, 0.15) is 5.60 Å². The highest BCUT2D eigenvalue weighted by Gasteiger charge is 2.27. The van der Waals surface area contributed by atoms with Crippen LogP contribution in [0.1, 0.15) is 73.1 Å². The number of piperidine rings is 1. The van der Waals surface area contributed by atoms with E-state index in [1.807, 2.05) is 33.2 Å². The van der Waals surface area contributed by atoms with Gasteiger partial charge in [-0.2, -0.15) is 0 Å². The van der Waals surface area contributed by atoms with E-state index in [2.05, 4.69) is 39.3 Å². The first-order chi connectivity index (χ1) is 13.6. The Labute approximate surface area is 175 Å². The van der Waals surface area contributed by atoms with Crippen LogP contribution in [0.25, 0.3) is 0 Å². The number of anilines is 2. The summed E-state index contributed by atoms with van der Waals surface area (Å²) in [6.07, 6.45) is 9.72. The number of rotatable bonds is 4. The Bertz CT molecular complexity index is 665. The summed E-state index contributed by atoms with van der Waals surface area (Å²) in [6.45, 7) is 12.3. The predicted molar refractivity (Wildman–Crippen MR) is 116 cm³/mol. The lowest BCUT2D eigenvalue weighted by Crippen LogP contribution is -2.42. The summed E-state index contributed by atoms with van der Waals surface area (Å²) in [6, 6.07) is 0.571. The molecule has 0 atom stereocenters. The maximum Gasteiger partial charge on any atom is 0.407 e. The van der Waals surface area contributed by atoms with Gasteiger partial charge in [-0.05, 0) is 64.7 Å². The molecule has 2 fully saturated rings. The molecule has 162 valence electrons. The van der Waals surface area contributed by atoms with Crippen molar-refractivity contribution in [3.63, 3.8) is 0 Å². The van der Waals surface area contributed by atoms with Crippen LogP contribution in [0.15, 0.2) is 12.4 Å². The molecule has 1 aliphatic carbocycles. The zero-order chi connectivity index (χ0) is 21.1. The van der Waals surface area contributed by atoms with Crippen molar-refractivity contribution in [2.24, 2.45) is 5.41 Å². The van der Waals surface area contributed by atoms with Gasteiger partial charge in [0.05, 0.1) is 18.1 Å². The van der Waals surface area contributed by atoms with Crippen molar-refractivity contribution in [2.45, 2.75) is 90.8 Å². The first-order valence-corrected chi connectivity index (χ1v) is 10.9. The van der Waals surface area contributed by atoms with Gasteiger partial charge in [-0.1, -0.05) is 13.8 Å². The third-order valence-corrected chi connectivity index (χ3v) is 5.86. The second kappa shape index (κ2) is 8.76. The predicted octanol–water partition coefficient (Wildman–Crippen LogP) is 4.35. The molecule has 1 saturated carbocycles. The summed E-state index contributed by atoms with van der Waals surface area (Å²) in [5.41, 5.74) is 0.934. The third-order valence-electron chi connectivity index (χ3n) is 5.86. The van der Waals surface area contributed by atoms with E-state index in [9.17, 15) is 4.79 Å². The minimum Gasteiger partial charge on any atom is -0.444 e. The lowest BCUT2D eigenvalue weighted by atomic mass is 9.83. The molecule has 2 heterocycles. The fraction of sp³-hybridized carbons (Fsp3) is 0.773. The monoisotopic (exact) mass is 403 g/mol. The van der Waals surface area contributed by atoms with E-state index in [0.717, 1.165) is 50.4 Å². The largest absolute Gasteiger partial charge is 0.444 e. The van der Waals surface area contributed by atoms with Crippen LogP contribution in [-0.2, 0) is 4.74 Å². The number of aromatic nitrogens is 2. The van der Waals surface area contributed by atoms with Gasteiger partial charge >= 0.3 is 6.09 Å². The normalized spacial score (nSPS) is 24.7. The van der Waals surface area contributed by atoms with E-state index in [0.29, 0.717) is 11.5 Å². The molecule has 1 amide bonds. The third kappa shape index (κ3) is 6.75. The lowest BCUT2D eigenvalue weighted by Gasteiger charge is -2.36. The van der Waals surface area contributed by atoms with Crippen molar-refractivity contribution in [3.8, 4) is 0 Å². The molecule has 0 aromatic carbocycles. The average molecular weight is 404 g/mol. The van der Waals surface area contributed by atoms with E-state index in [4.69, 9.17) is 4.74 Å². The average Bonchev–Trinajstić information content (AvgIpc) is 2.63. The van der Waals surface area contributed by atoms with Crippen molar-refractivity contribution < 1.29 is 9.53 Å². The topological polar surface area (TPSA) is 79.4 Å². The van der Waals surface area contributed by atoms with Crippen LogP contribution in [0.3, 0.4) is 0 Å². The van der Waals surface area contributed by atoms with Crippen molar-refractivity contribution in [1.82, 2.24) is 15.3 Å². The molecule has 2 N–H and O–H groups in total. The first-order valence-electron chi connectivity index (χ1n) is 10.9. The molecule has 1 aromatic heterocycles. The van der Waals surface area contributed by atoms with Crippen LogP contribution in [0.2, 0.25) is 0 Å². The van der Waals surface area contributed by atoms with Crippen molar-refractivity contribution in [1.29, 1.82) is 0 Å². The minimum absolute atomic E-state index is 0.185. The van der Waals surface area contributed by atoms with Gasteiger partial charge in [-0.15, -0.1) is 0 Å². The second-order valence-corrected chi connectivity index (χ2v) is 10.3. The summed E-state index contributed by atoms with van der Waals surface area (Å²) in [5, 5.41) is 6.54. The SMILES string of the molecule is CC1(C)CCN(c2ncc(NC3CCC(NC(=O)OC(C)(C)C)CC3)cn2)CC1. The molecule has 1 aliphatic heterocycles. The molecule has 0 radical (unpaired) electrons. The Morgan fingerprint density at radius 1 is 1.07 bits per heavy atom. The molecular formula is C22H37N5O2. The van der Waals surface area contributed by atoms with Gasteiger partial charge in [0.15, 0.2) is 0 Å². The molecule has 29 heavy (non-hydrogen) atoms. The molecule has 0 bridgehead atoms. The van der Waals surface area contributed by atoms with Crippen molar-refractivity contribution in [2.75, 3.05) is 23.3 Å². The lowest BCUT2D eigenvalue weighted by molar-refractivity contribution is 0.0492. The molecule has 3 rings (SSSR count). The Hall–Kier alpha value is -2.05. The van der Waals surface area contributed by atoms with Gasteiger partial charge in [-0.3, -0.25) is 0 Å². The fourth-order valence-electron chi connectivity index (χ4n) is 3.96. The summed E-state index contributed by atoms with van der Waals surface area (Å²) in [4.78, 5) is 23.4. The highest BCUT2D eigenvalue weighted by molar-refractivity contribution is 5.68. The van der Waals surface area contributed by atoms with E-state index >= 15 is 0 Å². The fourth-order valence-corrected chi connectivity index (χ4v) is 3.96. The maximum atomic E-state index is 11.9. The molecule has 0 spiro atoms. The van der Waals surface area contributed by atoms with E-state index in [-0.39, 0.29) is 12.1 Å². The smallest absolute Gasteiger partial charge is 0.407 e. The molecule has 1 aromatic rings. The zero-order valence-corrected chi connectivity index (χ0v) is 18.6. The van der Waals surface area contributed by atoms with Gasteiger partial charge in [0, 0.05) is 25.2 Å². The molecule has 2 aliphatic rings. The summed E-state index contributed by atoms with van der Waals surface area (Å²) >= 11 is 0. The zero-order valence-electron chi connectivity index (χ0n) is 18.6. The summed E-state index contributed by atoms with van der Waals surface area (Å²) < 4.78 is 5.35. The summed E-state index contributed by atoms with van der Waals surface area (Å²) in [5.74, 6) is 0.830. The van der Waals surface area contributed by atoms with Crippen LogP contribution in [0.4, 0.5) is 16.4 Å².